The molecule has 0 radical (unpaired) electrons. The summed E-state index contributed by atoms with van der Waals surface area (Å²) in [6.45, 7) is 0.00390. The standard InChI is InChI=1S/C7H11N3O4/c11-1-3-13-6-8-5-9-7(10-6)14-4-2-12/h5,11-12H,1-4H2. The molecule has 0 aromatic carbocycles. The van der Waals surface area contributed by atoms with Crippen molar-refractivity contribution in [2.24, 2.45) is 0 Å². The van der Waals surface area contributed by atoms with Crippen LogP contribution in [0.1, 0.15) is 0 Å². The largest absolute Gasteiger partial charge is 0.461 e. The molecular formula is C7H11N3O4. The van der Waals surface area contributed by atoms with Crippen LogP contribution < -0.4 is 9.47 Å². The lowest BCUT2D eigenvalue weighted by Crippen LogP contribution is -2.08. The van der Waals surface area contributed by atoms with Crippen molar-refractivity contribution < 1.29 is 19.7 Å². The fourth-order valence-electron chi connectivity index (χ4n) is 0.680. The second kappa shape index (κ2) is 6.06. The summed E-state index contributed by atoms with van der Waals surface area (Å²) in [5.41, 5.74) is 0. The first-order chi connectivity index (χ1) is 6.86. The molecule has 0 aliphatic carbocycles. The van der Waals surface area contributed by atoms with Crippen LogP contribution in [0.25, 0.3) is 0 Å². The Bertz CT molecular complexity index is 248. The number of aliphatic hydroxyl groups is 2. The van der Waals surface area contributed by atoms with E-state index in [9.17, 15) is 0 Å². The van der Waals surface area contributed by atoms with Crippen molar-refractivity contribution in [1.29, 1.82) is 0 Å². The smallest absolute Gasteiger partial charge is 0.322 e. The Balaban J connectivity index is 2.50. The van der Waals surface area contributed by atoms with E-state index >= 15 is 0 Å². The first kappa shape index (κ1) is 10.6. The molecule has 1 aromatic heterocycles. The van der Waals surface area contributed by atoms with Gasteiger partial charge in [-0.15, -0.1) is 4.98 Å². The number of aromatic nitrogens is 3. The number of ether oxygens (including phenoxy) is 2. The van der Waals surface area contributed by atoms with Crippen molar-refractivity contribution in [2.75, 3.05) is 26.4 Å². The summed E-state index contributed by atoms with van der Waals surface area (Å²) in [6, 6.07) is 0.170. The number of hydrogen-bond acceptors (Lipinski definition) is 7. The predicted molar refractivity (Wildman–Crippen MR) is 45.0 cm³/mol. The summed E-state index contributed by atoms with van der Waals surface area (Å²) in [5.74, 6) is 0. The zero-order chi connectivity index (χ0) is 10.2. The molecule has 1 aromatic rings. The number of nitrogens with zero attached hydrogens (tertiary/aromatic N) is 3. The van der Waals surface area contributed by atoms with Gasteiger partial charge >= 0.3 is 12.0 Å². The van der Waals surface area contributed by atoms with Gasteiger partial charge in [-0.25, -0.2) is 0 Å². The van der Waals surface area contributed by atoms with Crippen molar-refractivity contribution in [3.63, 3.8) is 0 Å². The molecule has 0 fully saturated rings. The molecule has 0 aliphatic rings. The summed E-state index contributed by atoms with van der Waals surface area (Å²) < 4.78 is 9.84. The van der Waals surface area contributed by atoms with E-state index in [0.717, 1.165) is 0 Å². The molecule has 0 bridgehead atoms. The summed E-state index contributed by atoms with van der Waals surface area (Å²) in [7, 11) is 0. The van der Waals surface area contributed by atoms with Crippen LogP contribution in [0.4, 0.5) is 0 Å². The van der Waals surface area contributed by atoms with Crippen LogP contribution in [0.15, 0.2) is 6.33 Å². The minimum absolute atomic E-state index is 0.0852. The molecule has 0 amide bonds. The van der Waals surface area contributed by atoms with Gasteiger partial charge in [0.05, 0.1) is 13.2 Å². The van der Waals surface area contributed by atoms with Crippen LogP contribution in [0.5, 0.6) is 12.0 Å². The Morgan fingerprint density at radius 2 is 1.50 bits per heavy atom. The normalized spacial score (nSPS) is 9.86. The Morgan fingerprint density at radius 1 is 1.00 bits per heavy atom. The monoisotopic (exact) mass is 201 g/mol. The second-order valence-electron chi connectivity index (χ2n) is 2.19. The molecule has 2 N–H and O–H groups in total. The van der Waals surface area contributed by atoms with E-state index in [-0.39, 0.29) is 38.4 Å². The highest BCUT2D eigenvalue weighted by atomic mass is 16.5. The molecule has 1 heterocycles. The maximum Gasteiger partial charge on any atom is 0.322 e. The summed E-state index contributed by atoms with van der Waals surface area (Å²) >= 11 is 0. The van der Waals surface area contributed by atoms with Gasteiger partial charge in [0.15, 0.2) is 0 Å². The molecule has 14 heavy (non-hydrogen) atoms. The lowest BCUT2D eigenvalue weighted by molar-refractivity contribution is 0.177. The average Bonchev–Trinajstić information content (AvgIpc) is 2.24. The number of aliphatic hydroxyl groups excluding tert-OH is 2. The minimum Gasteiger partial charge on any atom is -0.461 e. The highest BCUT2D eigenvalue weighted by molar-refractivity contribution is 4.99. The van der Waals surface area contributed by atoms with Gasteiger partial charge < -0.3 is 19.7 Å². The molecule has 7 nitrogen and oxygen atoms in total. The van der Waals surface area contributed by atoms with Crippen molar-refractivity contribution >= 4 is 0 Å². The summed E-state index contributed by atoms with van der Waals surface area (Å²) in [5, 5.41) is 17.0. The maximum absolute atomic E-state index is 8.48. The van der Waals surface area contributed by atoms with Crippen molar-refractivity contribution in [2.45, 2.75) is 0 Å². The Labute approximate surface area is 80.4 Å². The van der Waals surface area contributed by atoms with Gasteiger partial charge in [-0.1, -0.05) is 0 Å². The van der Waals surface area contributed by atoms with Crippen LogP contribution in [0, 0.1) is 0 Å². The SMILES string of the molecule is OCCOc1ncnc(OCCO)n1. The van der Waals surface area contributed by atoms with E-state index < -0.39 is 0 Å². The molecule has 7 heteroatoms. The fraction of sp³-hybridized carbons (Fsp3) is 0.571. The first-order valence-corrected chi connectivity index (χ1v) is 4.03. The van der Waals surface area contributed by atoms with E-state index in [1.807, 2.05) is 0 Å². The fourth-order valence-corrected chi connectivity index (χ4v) is 0.680. The third-order valence-electron chi connectivity index (χ3n) is 1.17. The van der Waals surface area contributed by atoms with Crippen molar-refractivity contribution in [3.05, 3.63) is 6.33 Å². The maximum atomic E-state index is 8.48. The van der Waals surface area contributed by atoms with E-state index in [1.165, 1.54) is 6.33 Å². The van der Waals surface area contributed by atoms with Crippen LogP contribution in [0.3, 0.4) is 0 Å². The Morgan fingerprint density at radius 3 is 1.93 bits per heavy atom. The van der Waals surface area contributed by atoms with Gasteiger partial charge in [0, 0.05) is 0 Å². The highest BCUT2D eigenvalue weighted by Crippen LogP contribution is 2.05. The Hall–Kier alpha value is -1.47. The Kier molecular flexibility index (Phi) is 4.59. The zero-order valence-corrected chi connectivity index (χ0v) is 7.46. The number of hydrogen-bond donors (Lipinski definition) is 2. The lowest BCUT2D eigenvalue weighted by atomic mass is 10.8. The quantitative estimate of drug-likeness (QED) is 0.585. The molecule has 0 saturated carbocycles. The van der Waals surface area contributed by atoms with E-state index in [0.29, 0.717) is 0 Å². The molecule has 0 unspecified atom stereocenters. The van der Waals surface area contributed by atoms with Gasteiger partial charge in [-0.2, -0.15) is 9.97 Å². The van der Waals surface area contributed by atoms with Crippen LogP contribution in [0.2, 0.25) is 0 Å². The van der Waals surface area contributed by atoms with E-state index in [4.69, 9.17) is 19.7 Å². The van der Waals surface area contributed by atoms with Crippen molar-refractivity contribution in [3.8, 4) is 12.0 Å². The average molecular weight is 201 g/mol. The topological polar surface area (TPSA) is 97.6 Å². The zero-order valence-electron chi connectivity index (χ0n) is 7.46. The molecule has 0 spiro atoms. The second-order valence-corrected chi connectivity index (χ2v) is 2.19. The lowest BCUT2D eigenvalue weighted by Gasteiger charge is -2.03. The summed E-state index contributed by atoms with van der Waals surface area (Å²) in [4.78, 5) is 11.1. The molecule has 0 saturated heterocycles. The molecule has 0 aliphatic heterocycles. The van der Waals surface area contributed by atoms with Gasteiger partial charge in [-0.3, -0.25) is 0 Å². The van der Waals surface area contributed by atoms with Crippen molar-refractivity contribution in [1.82, 2.24) is 15.0 Å². The van der Waals surface area contributed by atoms with Gasteiger partial charge in [0.2, 0.25) is 0 Å². The van der Waals surface area contributed by atoms with E-state index in [2.05, 4.69) is 15.0 Å². The predicted octanol–water partition coefficient (Wildman–Crippen LogP) is -1.39. The highest BCUT2D eigenvalue weighted by Gasteiger charge is 2.01. The molecule has 1 rings (SSSR count). The van der Waals surface area contributed by atoms with Crippen LogP contribution in [-0.2, 0) is 0 Å². The third-order valence-corrected chi connectivity index (χ3v) is 1.17. The van der Waals surface area contributed by atoms with Gasteiger partial charge in [0.25, 0.3) is 0 Å². The molecule has 78 valence electrons. The van der Waals surface area contributed by atoms with Crippen LogP contribution >= 0.6 is 0 Å². The summed E-state index contributed by atoms with van der Waals surface area (Å²) in [6.07, 6.45) is 1.23. The van der Waals surface area contributed by atoms with E-state index in [1.54, 1.807) is 0 Å². The van der Waals surface area contributed by atoms with Gasteiger partial charge in [-0.05, 0) is 0 Å². The third kappa shape index (κ3) is 3.50. The van der Waals surface area contributed by atoms with Crippen LogP contribution in [-0.4, -0.2) is 51.6 Å². The first-order valence-electron chi connectivity index (χ1n) is 4.03. The molecule has 0 atom stereocenters. The minimum atomic E-state index is -0.113. The van der Waals surface area contributed by atoms with Gasteiger partial charge in [0.1, 0.15) is 19.5 Å². The number of rotatable bonds is 6. The molecular weight excluding hydrogens is 190 g/mol.